The second kappa shape index (κ2) is 6.41. The summed E-state index contributed by atoms with van der Waals surface area (Å²) in [5.74, 6) is 0. The van der Waals surface area contributed by atoms with Crippen LogP contribution < -0.4 is 10.2 Å². The second-order valence-electron chi connectivity index (χ2n) is 5.12. The molecule has 1 atom stereocenters. The van der Waals surface area contributed by atoms with Crippen molar-refractivity contribution < 1.29 is 9.90 Å². The number of amides is 2. The third kappa shape index (κ3) is 3.83. The van der Waals surface area contributed by atoms with E-state index < -0.39 is 6.10 Å². The summed E-state index contributed by atoms with van der Waals surface area (Å²) in [6.45, 7) is 3.71. The molecule has 4 heteroatoms. The van der Waals surface area contributed by atoms with Gasteiger partial charge in [0.05, 0.1) is 6.10 Å². The standard InChI is InChI=1S/C17H20N2O2/c1-12-4-10-16(11-5-12)19(3)17(21)18-15-8-6-14(7-9-15)13(2)20/h4-11,13,20H,1-3H3,(H,18,21). The molecule has 21 heavy (non-hydrogen) atoms. The van der Waals surface area contributed by atoms with Crippen molar-refractivity contribution in [1.29, 1.82) is 0 Å². The summed E-state index contributed by atoms with van der Waals surface area (Å²) in [7, 11) is 1.73. The van der Waals surface area contributed by atoms with Crippen LogP contribution in [0.4, 0.5) is 16.2 Å². The van der Waals surface area contributed by atoms with Gasteiger partial charge >= 0.3 is 6.03 Å². The molecule has 0 aliphatic heterocycles. The van der Waals surface area contributed by atoms with Gasteiger partial charge in [-0.3, -0.25) is 4.90 Å². The van der Waals surface area contributed by atoms with Crippen LogP contribution in [-0.2, 0) is 0 Å². The summed E-state index contributed by atoms with van der Waals surface area (Å²) < 4.78 is 0. The van der Waals surface area contributed by atoms with E-state index in [0.29, 0.717) is 5.69 Å². The number of nitrogens with one attached hydrogen (secondary N) is 1. The van der Waals surface area contributed by atoms with Crippen molar-refractivity contribution >= 4 is 17.4 Å². The van der Waals surface area contributed by atoms with Gasteiger partial charge in [0.25, 0.3) is 0 Å². The van der Waals surface area contributed by atoms with Gasteiger partial charge in [-0.2, -0.15) is 0 Å². The quantitative estimate of drug-likeness (QED) is 0.902. The molecular formula is C17H20N2O2. The minimum atomic E-state index is -0.509. The fourth-order valence-electron chi connectivity index (χ4n) is 1.94. The highest BCUT2D eigenvalue weighted by molar-refractivity contribution is 6.01. The molecule has 0 bridgehead atoms. The second-order valence-corrected chi connectivity index (χ2v) is 5.12. The van der Waals surface area contributed by atoms with Gasteiger partial charge in [0.2, 0.25) is 0 Å². The molecular weight excluding hydrogens is 264 g/mol. The molecule has 2 rings (SSSR count). The van der Waals surface area contributed by atoms with Crippen molar-refractivity contribution in [3.8, 4) is 0 Å². The van der Waals surface area contributed by atoms with E-state index in [1.54, 1.807) is 43.1 Å². The van der Waals surface area contributed by atoms with Crippen LogP contribution in [0.25, 0.3) is 0 Å². The minimum absolute atomic E-state index is 0.205. The third-order valence-electron chi connectivity index (χ3n) is 3.37. The van der Waals surface area contributed by atoms with Crippen molar-refractivity contribution in [3.05, 3.63) is 59.7 Å². The Morgan fingerprint density at radius 1 is 1.10 bits per heavy atom. The average Bonchev–Trinajstić information content (AvgIpc) is 2.47. The highest BCUT2D eigenvalue weighted by Gasteiger charge is 2.11. The Bertz CT molecular complexity index is 604. The smallest absolute Gasteiger partial charge is 0.326 e. The van der Waals surface area contributed by atoms with Gasteiger partial charge < -0.3 is 10.4 Å². The van der Waals surface area contributed by atoms with Crippen LogP contribution >= 0.6 is 0 Å². The highest BCUT2D eigenvalue weighted by Crippen LogP contribution is 2.18. The maximum absolute atomic E-state index is 12.2. The van der Waals surface area contributed by atoms with E-state index >= 15 is 0 Å². The number of rotatable bonds is 3. The zero-order valence-electron chi connectivity index (χ0n) is 12.5. The molecule has 0 aliphatic rings. The number of carbonyl (C=O) groups is 1. The summed E-state index contributed by atoms with van der Waals surface area (Å²) in [5.41, 5.74) is 3.50. The lowest BCUT2D eigenvalue weighted by Crippen LogP contribution is -2.31. The number of urea groups is 1. The van der Waals surface area contributed by atoms with E-state index in [1.165, 1.54) is 0 Å². The first-order valence-corrected chi connectivity index (χ1v) is 6.87. The summed E-state index contributed by atoms with van der Waals surface area (Å²) in [4.78, 5) is 13.7. The molecule has 0 saturated heterocycles. The summed E-state index contributed by atoms with van der Waals surface area (Å²) in [6.07, 6.45) is -0.509. The van der Waals surface area contributed by atoms with E-state index in [4.69, 9.17) is 0 Å². The summed E-state index contributed by atoms with van der Waals surface area (Å²) in [6, 6.07) is 14.7. The van der Waals surface area contributed by atoms with Crippen LogP contribution in [0.3, 0.4) is 0 Å². The number of carbonyl (C=O) groups excluding carboxylic acids is 1. The zero-order valence-corrected chi connectivity index (χ0v) is 12.5. The fourth-order valence-corrected chi connectivity index (χ4v) is 1.94. The maximum Gasteiger partial charge on any atom is 0.326 e. The van der Waals surface area contributed by atoms with Gasteiger partial charge in [0.15, 0.2) is 0 Å². The van der Waals surface area contributed by atoms with E-state index in [2.05, 4.69) is 5.32 Å². The lowest BCUT2D eigenvalue weighted by Gasteiger charge is -2.18. The normalized spacial score (nSPS) is 11.8. The van der Waals surface area contributed by atoms with Gasteiger partial charge in [0, 0.05) is 18.4 Å². The molecule has 2 aromatic carbocycles. The molecule has 0 spiro atoms. The Labute approximate surface area is 125 Å². The molecule has 0 fully saturated rings. The van der Waals surface area contributed by atoms with Crippen LogP contribution in [0.15, 0.2) is 48.5 Å². The van der Waals surface area contributed by atoms with Gasteiger partial charge in [-0.25, -0.2) is 4.79 Å². The van der Waals surface area contributed by atoms with Crippen molar-refractivity contribution in [2.24, 2.45) is 0 Å². The van der Waals surface area contributed by atoms with Crippen molar-refractivity contribution in [1.82, 2.24) is 0 Å². The topological polar surface area (TPSA) is 52.6 Å². The van der Waals surface area contributed by atoms with E-state index in [0.717, 1.165) is 16.8 Å². The number of nitrogens with zero attached hydrogens (tertiary/aromatic N) is 1. The van der Waals surface area contributed by atoms with Crippen LogP contribution in [0.1, 0.15) is 24.2 Å². The van der Waals surface area contributed by atoms with E-state index in [-0.39, 0.29) is 6.03 Å². The minimum Gasteiger partial charge on any atom is -0.389 e. The van der Waals surface area contributed by atoms with Gasteiger partial charge in [-0.05, 0) is 43.7 Å². The molecule has 1 unspecified atom stereocenters. The van der Waals surface area contributed by atoms with Crippen LogP contribution in [-0.4, -0.2) is 18.2 Å². The molecule has 110 valence electrons. The summed E-state index contributed by atoms with van der Waals surface area (Å²) >= 11 is 0. The largest absolute Gasteiger partial charge is 0.389 e. The highest BCUT2D eigenvalue weighted by atomic mass is 16.3. The molecule has 4 nitrogen and oxygen atoms in total. The zero-order chi connectivity index (χ0) is 15.4. The van der Waals surface area contributed by atoms with Crippen LogP contribution in [0.5, 0.6) is 0 Å². The molecule has 0 saturated carbocycles. The lowest BCUT2D eigenvalue weighted by molar-refractivity contribution is 0.199. The molecule has 2 aromatic rings. The Balaban J connectivity index is 2.05. The van der Waals surface area contributed by atoms with Gasteiger partial charge in [-0.1, -0.05) is 29.8 Å². The lowest BCUT2D eigenvalue weighted by atomic mass is 10.1. The van der Waals surface area contributed by atoms with E-state index in [9.17, 15) is 9.90 Å². The number of benzene rings is 2. The number of aliphatic hydroxyl groups excluding tert-OH is 1. The van der Waals surface area contributed by atoms with Gasteiger partial charge in [-0.15, -0.1) is 0 Å². The summed E-state index contributed by atoms with van der Waals surface area (Å²) in [5, 5.41) is 12.3. The number of aliphatic hydroxyl groups is 1. The number of aryl methyl sites for hydroxylation is 1. The third-order valence-corrected chi connectivity index (χ3v) is 3.37. The Morgan fingerprint density at radius 2 is 1.67 bits per heavy atom. The average molecular weight is 284 g/mol. The van der Waals surface area contributed by atoms with Crippen LogP contribution in [0, 0.1) is 6.92 Å². The fraction of sp³-hybridized carbons (Fsp3) is 0.235. The molecule has 0 heterocycles. The number of anilines is 2. The first kappa shape index (κ1) is 15.1. The van der Waals surface area contributed by atoms with Crippen LogP contribution in [0.2, 0.25) is 0 Å². The molecule has 0 radical (unpaired) electrons. The van der Waals surface area contributed by atoms with Crippen molar-refractivity contribution in [2.75, 3.05) is 17.3 Å². The number of hydrogen-bond acceptors (Lipinski definition) is 2. The first-order chi connectivity index (χ1) is 9.97. The van der Waals surface area contributed by atoms with Crippen molar-refractivity contribution in [3.63, 3.8) is 0 Å². The SMILES string of the molecule is Cc1ccc(N(C)C(=O)Nc2ccc(C(C)O)cc2)cc1. The van der Waals surface area contributed by atoms with Crippen molar-refractivity contribution in [2.45, 2.75) is 20.0 Å². The molecule has 0 aliphatic carbocycles. The maximum atomic E-state index is 12.2. The first-order valence-electron chi connectivity index (χ1n) is 6.87. The Hall–Kier alpha value is -2.33. The molecule has 2 amide bonds. The molecule has 0 aromatic heterocycles. The Morgan fingerprint density at radius 3 is 2.19 bits per heavy atom. The monoisotopic (exact) mass is 284 g/mol. The van der Waals surface area contributed by atoms with E-state index in [1.807, 2.05) is 31.2 Å². The number of hydrogen-bond donors (Lipinski definition) is 2. The Kier molecular flexibility index (Phi) is 4.60. The molecule has 2 N–H and O–H groups in total. The predicted octanol–water partition coefficient (Wildman–Crippen LogP) is 3.72. The predicted molar refractivity (Wildman–Crippen MR) is 85.7 cm³/mol. The van der Waals surface area contributed by atoms with Gasteiger partial charge in [0.1, 0.15) is 0 Å².